The van der Waals surface area contributed by atoms with Gasteiger partial charge in [0, 0.05) is 37.9 Å². The molecule has 1 heterocycles. The van der Waals surface area contributed by atoms with E-state index in [0.717, 1.165) is 24.9 Å². The normalized spacial score (nSPS) is 17.2. The highest BCUT2D eigenvalue weighted by molar-refractivity contribution is 5.55. The molecule has 1 atom stereocenters. The zero-order valence-corrected chi connectivity index (χ0v) is 15.0. The topological polar surface area (TPSA) is 15.7 Å². The molecule has 6 heteroatoms. The Balaban J connectivity index is 1.68. The van der Waals surface area contributed by atoms with E-state index < -0.39 is 11.7 Å². The molecular weight excluding hydrogens is 341 g/mol. The summed E-state index contributed by atoms with van der Waals surface area (Å²) < 4.78 is 44.9. The Morgan fingerprint density at radius 1 is 0.923 bits per heavy atom. The van der Waals surface area contributed by atoms with Crippen molar-refractivity contribution in [1.82, 2.24) is 4.90 Å². The maximum absolute atomic E-state index is 13.2. The number of ether oxygens (including phenoxy) is 1. The molecule has 1 unspecified atom stereocenters. The number of piperazine rings is 1. The van der Waals surface area contributed by atoms with Crippen molar-refractivity contribution in [2.24, 2.45) is 0 Å². The monoisotopic (exact) mass is 364 g/mol. The molecule has 1 aliphatic rings. The molecule has 1 fully saturated rings. The van der Waals surface area contributed by atoms with Gasteiger partial charge in [-0.05, 0) is 36.8 Å². The van der Waals surface area contributed by atoms with E-state index in [-0.39, 0.29) is 11.7 Å². The molecule has 26 heavy (non-hydrogen) atoms. The van der Waals surface area contributed by atoms with Gasteiger partial charge in [-0.15, -0.1) is 0 Å². The van der Waals surface area contributed by atoms with Gasteiger partial charge < -0.3 is 9.64 Å². The zero-order valence-electron chi connectivity index (χ0n) is 15.0. The number of hydrogen-bond donors (Lipinski definition) is 0. The SMILES string of the molecule is COc1ccc(C(C)N2CCN(c3ccccc3C(F)(F)F)CC2)cc1. The van der Waals surface area contributed by atoms with Crippen molar-refractivity contribution in [3.63, 3.8) is 0 Å². The van der Waals surface area contributed by atoms with Crippen LogP contribution in [0.25, 0.3) is 0 Å². The van der Waals surface area contributed by atoms with Gasteiger partial charge in [-0.1, -0.05) is 24.3 Å². The molecule has 2 aromatic rings. The molecule has 1 aliphatic heterocycles. The number of alkyl halides is 3. The van der Waals surface area contributed by atoms with Gasteiger partial charge in [0.2, 0.25) is 0 Å². The van der Waals surface area contributed by atoms with Crippen molar-refractivity contribution < 1.29 is 17.9 Å². The summed E-state index contributed by atoms with van der Waals surface area (Å²) in [5, 5.41) is 0. The van der Waals surface area contributed by atoms with Crippen LogP contribution in [0.1, 0.15) is 24.1 Å². The summed E-state index contributed by atoms with van der Waals surface area (Å²) in [4.78, 5) is 4.13. The van der Waals surface area contributed by atoms with Gasteiger partial charge in [-0.2, -0.15) is 13.2 Å². The average molecular weight is 364 g/mol. The molecule has 140 valence electrons. The Morgan fingerprint density at radius 3 is 2.12 bits per heavy atom. The van der Waals surface area contributed by atoms with E-state index in [9.17, 15) is 13.2 Å². The highest BCUT2D eigenvalue weighted by atomic mass is 19.4. The van der Waals surface area contributed by atoms with Crippen LogP contribution < -0.4 is 9.64 Å². The van der Waals surface area contributed by atoms with E-state index in [0.29, 0.717) is 13.1 Å². The third-order valence-corrected chi connectivity index (χ3v) is 5.01. The first-order chi connectivity index (χ1) is 12.4. The predicted octanol–water partition coefficient (Wildman–Crippen LogP) is 4.60. The first kappa shape index (κ1) is 18.6. The Bertz CT molecular complexity index is 723. The van der Waals surface area contributed by atoms with E-state index in [4.69, 9.17) is 4.74 Å². The lowest BCUT2D eigenvalue weighted by Crippen LogP contribution is -2.47. The lowest BCUT2D eigenvalue weighted by molar-refractivity contribution is -0.137. The Kier molecular flexibility index (Phi) is 5.41. The standard InChI is InChI=1S/C20H23F3N2O/c1-15(16-7-9-17(26-2)10-8-16)24-11-13-25(14-12-24)19-6-4-3-5-18(19)20(21,22)23/h3-10,15H,11-14H2,1-2H3. The zero-order chi connectivity index (χ0) is 18.7. The van der Waals surface area contributed by atoms with Crippen LogP contribution in [0.4, 0.5) is 18.9 Å². The van der Waals surface area contributed by atoms with Gasteiger partial charge in [0.15, 0.2) is 0 Å². The van der Waals surface area contributed by atoms with E-state index in [2.05, 4.69) is 11.8 Å². The molecule has 1 saturated heterocycles. The molecule has 0 spiro atoms. The van der Waals surface area contributed by atoms with Crippen LogP contribution in [-0.4, -0.2) is 38.2 Å². The first-order valence-electron chi connectivity index (χ1n) is 8.69. The van der Waals surface area contributed by atoms with E-state index >= 15 is 0 Å². The van der Waals surface area contributed by atoms with Gasteiger partial charge >= 0.3 is 6.18 Å². The molecule has 0 radical (unpaired) electrons. The van der Waals surface area contributed by atoms with E-state index in [1.807, 2.05) is 29.2 Å². The fourth-order valence-electron chi connectivity index (χ4n) is 3.43. The van der Waals surface area contributed by atoms with Crippen molar-refractivity contribution in [3.05, 3.63) is 59.7 Å². The van der Waals surface area contributed by atoms with Crippen LogP contribution in [0.3, 0.4) is 0 Å². The molecule has 0 amide bonds. The summed E-state index contributed by atoms with van der Waals surface area (Å²) in [5.41, 5.74) is 0.892. The minimum Gasteiger partial charge on any atom is -0.497 e. The molecule has 0 bridgehead atoms. The fourth-order valence-corrected chi connectivity index (χ4v) is 3.43. The maximum atomic E-state index is 13.2. The molecule has 3 nitrogen and oxygen atoms in total. The average Bonchev–Trinajstić information content (AvgIpc) is 2.67. The third kappa shape index (κ3) is 3.96. The summed E-state index contributed by atoms with van der Waals surface area (Å²) in [5.74, 6) is 0.814. The van der Waals surface area contributed by atoms with Gasteiger partial charge in [-0.25, -0.2) is 0 Å². The summed E-state index contributed by atoms with van der Waals surface area (Å²) >= 11 is 0. The summed E-state index contributed by atoms with van der Waals surface area (Å²) in [6.07, 6.45) is -4.33. The van der Waals surface area contributed by atoms with Crippen molar-refractivity contribution >= 4 is 5.69 Å². The number of halogens is 3. The Labute approximate surface area is 152 Å². The van der Waals surface area contributed by atoms with Crippen LogP contribution in [0.15, 0.2) is 48.5 Å². The Morgan fingerprint density at radius 2 is 1.54 bits per heavy atom. The number of hydrogen-bond acceptors (Lipinski definition) is 3. The quantitative estimate of drug-likeness (QED) is 0.789. The molecule has 0 saturated carbocycles. The lowest BCUT2D eigenvalue weighted by Gasteiger charge is -2.40. The van der Waals surface area contributed by atoms with Crippen molar-refractivity contribution in [3.8, 4) is 5.75 Å². The lowest BCUT2D eigenvalue weighted by atomic mass is 10.1. The summed E-state index contributed by atoms with van der Waals surface area (Å²) in [6.45, 7) is 4.72. The number of anilines is 1. The second-order valence-electron chi connectivity index (χ2n) is 6.49. The van der Waals surface area contributed by atoms with Crippen molar-refractivity contribution in [2.45, 2.75) is 19.1 Å². The molecular formula is C20H23F3N2O. The maximum Gasteiger partial charge on any atom is 0.418 e. The van der Waals surface area contributed by atoms with Crippen LogP contribution in [0.5, 0.6) is 5.75 Å². The molecule has 0 aromatic heterocycles. The van der Waals surface area contributed by atoms with Crippen molar-refractivity contribution in [1.29, 1.82) is 0 Å². The third-order valence-electron chi connectivity index (χ3n) is 5.01. The van der Waals surface area contributed by atoms with Gasteiger partial charge in [0.25, 0.3) is 0 Å². The fraction of sp³-hybridized carbons (Fsp3) is 0.400. The summed E-state index contributed by atoms with van der Waals surface area (Å²) in [6, 6.07) is 14.0. The van der Waals surface area contributed by atoms with E-state index in [1.165, 1.54) is 11.6 Å². The molecule has 0 N–H and O–H groups in total. The minimum atomic E-state index is -4.33. The van der Waals surface area contributed by atoms with Crippen molar-refractivity contribution in [2.75, 3.05) is 38.2 Å². The minimum absolute atomic E-state index is 0.209. The van der Waals surface area contributed by atoms with Gasteiger partial charge in [-0.3, -0.25) is 4.90 Å². The molecule has 2 aromatic carbocycles. The van der Waals surface area contributed by atoms with Gasteiger partial charge in [0.05, 0.1) is 12.7 Å². The van der Waals surface area contributed by atoms with E-state index in [1.54, 1.807) is 19.2 Å². The highest BCUT2D eigenvalue weighted by Crippen LogP contribution is 2.37. The largest absolute Gasteiger partial charge is 0.497 e. The number of para-hydroxylation sites is 1. The first-order valence-corrected chi connectivity index (χ1v) is 8.69. The van der Waals surface area contributed by atoms with Crippen LogP contribution >= 0.6 is 0 Å². The number of rotatable bonds is 4. The smallest absolute Gasteiger partial charge is 0.418 e. The Hall–Kier alpha value is -2.21. The van der Waals surface area contributed by atoms with Crippen LogP contribution in [0.2, 0.25) is 0 Å². The number of benzene rings is 2. The highest BCUT2D eigenvalue weighted by Gasteiger charge is 2.35. The second kappa shape index (κ2) is 7.58. The van der Waals surface area contributed by atoms with Gasteiger partial charge in [0.1, 0.15) is 5.75 Å². The summed E-state index contributed by atoms with van der Waals surface area (Å²) in [7, 11) is 1.64. The predicted molar refractivity (Wildman–Crippen MR) is 96.6 cm³/mol. The number of nitrogens with zero attached hydrogens (tertiary/aromatic N) is 2. The second-order valence-corrected chi connectivity index (χ2v) is 6.49. The van der Waals surface area contributed by atoms with Crippen LogP contribution in [-0.2, 0) is 6.18 Å². The molecule has 3 rings (SSSR count). The number of methoxy groups -OCH3 is 1. The molecule has 0 aliphatic carbocycles. The van der Waals surface area contributed by atoms with Crippen LogP contribution in [0, 0.1) is 0 Å².